The van der Waals surface area contributed by atoms with Crippen molar-refractivity contribution in [1.82, 2.24) is 0 Å². The van der Waals surface area contributed by atoms with Crippen molar-refractivity contribution in [2.24, 2.45) is 23.7 Å². The van der Waals surface area contributed by atoms with Gasteiger partial charge in [0.25, 0.3) is 0 Å². The standard InChI is InChI=1S/C14H20O3/c1-9-4-6-12(13(9)8-15)11(3)14(17)7-5-10(2)16/h5,7-9,11-13H,4,6H2,1-3H3/b7-5+/t9-,11-,12-,13+/m0/s1. The summed E-state index contributed by atoms with van der Waals surface area (Å²) < 4.78 is 0. The van der Waals surface area contributed by atoms with Crippen molar-refractivity contribution in [3.63, 3.8) is 0 Å². The molecule has 0 aromatic heterocycles. The number of carbonyl (C=O) groups excluding carboxylic acids is 3. The zero-order valence-electron chi connectivity index (χ0n) is 10.7. The Kier molecular flexibility index (Phi) is 4.79. The first-order valence-electron chi connectivity index (χ1n) is 6.15. The molecular formula is C14H20O3. The third kappa shape index (κ3) is 3.35. The van der Waals surface area contributed by atoms with Gasteiger partial charge in [0.05, 0.1) is 0 Å². The highest BCUT2D eigenvalue weighted by Crippen LogP contribution is 2.40. The van der Waals surface area contributed by atoms with Gasteiger partial charge in [-0.15, -0.1) is 0 Å². The SMILES string of the molecule is CC(=O)/C=C/C(=O)[C@@H](C)[C@@H]1CC[C@H](C)[C@H]1C=O. The fourth-order valence-electron chi connectivity index (χ4n) is 2.64. The number of carbonyl (C=O) groups is 3. The number of ketones is 2. The van der Waals surface area contributed by atoms with Gasteiger partial charge < -0.3 is 4.79 Å². The van der Waals surface area contributed by atoms with Gasteiger partial charge in [0, 0.05) is 11.8 Å². The molecular weight excluding hydrogens is 216 g/mol. The molecule has 1 saturated carbocycles. The van der Waals surface area contributed by atoms with Crippen LogP contribution in [0, 0.1) is 23.7 Å². The van der Waals surface area contributed by atoms with Crippen LogP contribution in [0.15, 0.2) is 12.2 Å². The molecule has 0 spiro atoms. The fraction of sp³-hybridized carbons (Fsp3) is 0.643. The van der Waals surface area contributed by atoms with E-state index < -0.39 is 0 Å². The molecule has 0 saturated heterocycles. The van der Waals surface area contributed by atoms with Gasteiger partial charge >= 0.3 is 0 Å². The molecule has 1 fully saturated rings. The first kappa shape index (κ1) is 13.8. The van der Waals surface area contributed by atoms with Crippen molar-refractivity contribution in [2.45, 2.75) is 33.6 Å². The van der Waals surface area contributed by atoms with Crippen molar-refractivity contribution in [2.75, 3.05) is 0 Å². The second-order valence-corrected chi connectivity index (χ2v) is 5.07. The van der Waals surface area contributed by atoms with Crippen LogP contribution >= 0.6 is 0 Å². The van der Waals surface area contributed by atoms with Crippen LogP contribution in [0.2, 0.25) is 0 Å². The van der Waals surface area contributed by atoms with E-state index in [1.807, 2.05) is 6.92 Å². The normalized spacial score (nSPS) is 30.4. The van der Waals surface area contributed by atoms with E-state index >= 15 is 0 Å². The van der Waals surface area contributed by atoms with Gasteiger partial charge in [-0.3, -0.25) is 9.59 Å². The summed E-state index contributed by atoms with van der Waals surface area (Å²) in [5, 5.41) is 0. The number of hydrogen-bond donors (Lipinski definition) is 0. The van der Waals surface area contributed by atoms with Crippen LogP contribution in [0.25, 0.3) is 0 Å². The number of rotatable bonds is 5. The van der Waals surface area contributed by atoms with Crippen molar-refractivity contribution in [3.8, 4) is 0 Å². The molecule has 0 heterocycles. The second kappa shape index (κ2) is 5.89. The maximum Gasteiger partial charge on any atom is 0.158 e. The molecule has 0 aromatic carbocycles. The Labute approximate surface area is 102 Å². The van der Waals surface area contributed by atoms with Crippen LogP contribution in [0.3, 0.4) is 0 Å². The molecule has 0 unspecified atom stereocenters. The summed E-state index contributed by atoms with van der Waals surface area (Å²) in [6.07, 6.45) is 5.55. The van der Waals surface area contributed by atoms with E-state index in [0.29, 0.717) is 5.92 Å². The van der Waals surface area contributed by atoms with Crippen LogP contribution < -0.4 is 0 Å². The molecule has 0 amide bonds. The number of aldehydes is 1. The van der Waals surface area contributed by atoms with Crippen LogP contribution in [0.4, 0.5) is 0 Å². The van der Waals surface area contributed by atoms with E-state index in [1.54, 1.807) is 0 Å². The Hall–Kier alpha value is -1.25. The summed E-state index contributed by atoms with van der Waals surface area (Å²) in [5.41, 5.74) is 0. The van der Waals surface area contributed by atoms with E-state index in [0.717, 1.165) is 19.1 Å². The lowest BCUT2D eigenvalue weighted by atomic mass is 9.81. The maximum absolute atomic E-state index is 11.8. The molecule has 3 heteroatoms. The second-order valence-electron chi connectivity index (χ2n) is 5.07. The van der Waals surface area contributed by atoms with Gasteiger partial charge in [0.1, 0.15) is 6.29 Å². The predicted octanol–water partition coefficient (Wildman–Crippen LogP) is 2.20. The minimum absolute atomic E-state index is 0.0142. The summed E-state index contributed by atoms with van der Waals surface area (Å²) in [4.78, 5) is 33.7. The molecule has 0 aliphatic heterocycles. The molecule has 0 N–H and O–H groups in total. The fourth-order valence-corrected chi connectivity index (χ4v) is 2.64. The summed E-state index contributed by atoms with van der Waals surface area (Å²) >= 11 is 0. The predicted molar refractivity (Wildman–Crippen MR) is 65.4 cm³/mol. The Morgan fingerprint density at radius 1 is 1.24 bits per heavy atom. The quantitative estimate of drug-likeness (QED) is 0.543. The van der Waals surface area contributed by atoms with Crippen molar-refractivity contribution < 1.29 is 14.4 Å². The Morgan fingerprint density at radius 3 is 2.41 bits per heavy atom. The van der Waals surface area contributed by atoms with Gasteiger partial charge in [-0.05, 0) is 43.8 Å². The lowest BCUT2D eigenvalue weighted by Gasteiger charge is -2.21. The van der Waals surface area contributed by atoms with Crippen molar-refractivity contribution in [1.29, 1.82) is 0 Å². The lowest BCUT2D eigenvalue weighted by molar-refractivity contribution is -0.121. The Balaban J connectivity index is 2.69. The molecule has 0 radical (unpaired) electrons. The largest absolute Gasteiger partial charge is 0.303 e. The monoisotopic (exact) mass is 236 g/mol. The van der Waals surface area contributed by atoms with Crippen molar-refractivity contribution in [3.05, 3.63) is 12.2 Å². The van der Waals surface area contributed by atoms with E-state index in [-0.39, 0.29) is 29.3 Å². The summed E-state index contributed by atoms with van der Waals surface area (Å²) in [6, 6.07) is 0. The summed E-state index contributed by atoms with van der Waals surface area (Å²) in [6.45, 7) is 5.33. The Bertz CT molecular complexity index is 343. The topological polar surface area (TPSA) is 51.2 Å². The van der Waals surface area contributed by atoms with E-state index in [1.165, 1.54) is 19.1 Å². The van der Waals surface area contributed by atoms with Gasteiger partial charge in [0.15, 0.2) is 11.6 Å². The molecule has 1 rings (SSSR count). The molecule has 17 heavy (non-hydrogen) atoms. The average Bonchev–Trinajstić information content (AvgIpc) is 2.66. The molecule has 0 bridgehead atoms. The van der Waals surface area contributed by atoms with Crippen LogP contribution in [-0.4, -0.2) is 17.9 Å². The van der Waals surface area contributed by atoms with Gasteiger partial charge in [0.2, 0.25) is 0 Å². The van der Waals surface area contributed by atoms with Crippen LogP contribution in [0.5, 0.6) is 0 Å². The summed E-state index contributed by atoms with van der Waals surface area (Å²) in [7, 11) is 0. The maximum atomic E-state index is 11.8. The van der Waals surface area contributed by atoms with Crippen LogP contribution in [0.1, 0.15) is 33.6 Å². The first-order chi connectivity index (χ1) is 7.97. The number of allylic oxidation sites excluding steroid dienone is 2. The van der Waals surface area contributed by atoms with Gasteiger partial charge in [-0.25, -0.2) is 0 Å². The van der Waals surface area contributed by atoms with E-state index in [2.05, 4.69) is 6.92 Å². The third-order valence-corrected chi connectivity index (χ3v) is 3.84. The highest BCUT2D eigenvalue weighted by molar-refractivity contribution is 5.98. The highest BCUT2D eigenvalue weighted by atomic mass is 16.1. The molecule has 0 aromatic rings. The van der Waals surface area contributed by atoms with Gasteiger partial charge in [-0.2, -0.15) is 0 Å². The minimum Gasteiger partial charge on any atom is -0.303 e. The lowest BCUT2D eigenvalue weighted by Crippen LogP contribution is -2.25. The molecule has 1 aliphatic carbocycles. The molecule has 3 nitrogen and oxygen atoms in total. The number of hydrogen-bond acceptors (Lipinski definition) is 3. The van der Waals surface area contributed by atoms with Gasteiger partial charge in [-0.1, -0.05) is 13.8 Å². The smallest absolute Gasteiger partial charge is 0.158 e. The molecule has 94 valence electrons. The summed E-state index contributed by atoms with van der Waals surface area (Å²) in [5.74, 6) is 0.130. The molecule has 4 atom stereocenters. The molecule has 1 aliphatic rings. The first-order valence-corrected chi connectivity index (χ1v) is 6.15. The average molecular weight is 236 g/mol. The minimum atomic E-state index is -0.175. The Morgan fingerprint density at radius 2 is 1.88 bits per heavy atom. The van der Waals surface area contributed by atoms with E-state index in [4.69, 9.17) is 0 Å². The third-order valence-electron chi connectivity index (χ3n) is 3.84. The highest BCUT2D eigenvalue weighted by Gasteiger charge is 2.38. The zero-order chi connectivity index (χ0) is 13.0. The van der Waals surface area contributed by atoms with Crippen molar-refractivity contribution >= 4 is 17.9 Å². The van der Waals surface area contributed by atoms with E-state index in [9.17, 15) is 14.4 Å². The van der Waals surface area contributed by atoms with Crippen LogP contribution in [-0.2, 0) is 14.4 Å². The zero-order valence-corrected chi connectivity index (χ0v) is 10.7.